The topological polar surface area (TPSA) is 34.5 Å². The third-order valence-corrected chi connectivity index (χ3v) is 11.6. The predicted octanol–water partition coefficient (Wildman–Crippen LogP) is 15.4. The number of furan rings is 2. The molecule has 0 N–H and O–H groups in total. The van der Waals surface area contributed by atoms with Crippen molar-refractivity contribution in [2.45, 2.75) is 0 Å². The van der Waals surface area contributed by atoms with E-state index in [0.717, 1.165) is 105 Å². The van der Waals surface area contributed by atoms with Crippen LogP contribution in [0.2, 0.25) is 0 Å². The van der Waals surface area contributed by atoms with E-state index in [1.54, 1.807) is 0 Å². The number of hydrogen-bond donors (Lipinski definition) is 0. The van der Waals surface area contributed by atoms with Crippen LogP contribution in [0, 0.1) is 0 Å². The first kappa shape index (κ1) is 32.4. The molecule has 0 saturated carbocycles. The maximum Gasteiger partial charge on any atom is 0.145 e. The van der Waals surface area contributed by atoms with Crippen LogP contribution in [0.15, 0.2) is 215 Å². The Morgan fingerprint density at radius 3 is 1.81 bits per heavy atom. The van der Waals surface area contributed by atoms with Crippen LogP contribution in [0.3, 0.4) is 0 Å². The summed E-state index contributed by atoms with van der Waals surface area (Å²) in [5.41, 5.74) is 14.3. The standard InChI is InChI=1S/C54H34N2O2/c1-4-15-35(16-5-1)37-27-29-41-42-30-28-39(34-51(42)57-50(41)33-37)56(47-25-14-24-46-52(47)43-21-10-12-23-45(43)55(46)38-19-8-3-9-20-38)48-32-31-40(36-17-6-2-7-18-36)54-53(48)44-22-11-13-26-49(44)58-54/h1-34H. The van der Waals surface area contributed by atoms with Gasteiger partial charge >= 0.3 is 0 Å². The quantitative estimate of drug-likeness (QED) is 0.170. The zero-order chi connectivity index (χ0) is 38.2. The van der Waals surface area contributed by atoms with Gasteiger partial charge in [0, 0.05) is 49.9 Å². The molecule has 12 aromatic rings. The molecule has 0 aliphatic rings. The van der Waals surface area contributed by atoms with Crippen molar-refractivity contribution in [2.24, 2.45) is 0 Å². The Kier molecular flexibility index (Phi) is 7.20. The predicted molar refractivity (Wildman–Crippen MR) is 241 cm³/mol. The van der Waals surface area contributed by atoms with Gasteiger partial charge in [-0.1, -0.05) is 127 Å². The maximum absolute atomic E-state index is 6.83. The van der Waals surface area contributed by atoms with Gasteiger partial charge in [0.1, 0.15) is 22.3 Å². The Bertz CT molecular complexity index is 3490. The number of fused-ring (bicyclic) bond motifs is 9. The molecule has 0 aliphatic heterocycles. The summed E-state index contributed by atoms with van der Waals surface area (Å²) in [5.74, 6) is 0. The molecule has 9 aromatic carbocycles. The summed E-state index contributed by atoms with van der Waals surface area (Å²) in [6.07, 6.45) is 0. The first-order valence-corrected chi connectivity index (χ1v) is 19.7. The van der Waals surface area contributed by atoms with Crippen LogP contribution in [-0.2, 0) is 0 Å². The lowest BCUT2D eigenvalue weighted by atomic mass is 9.99. The summed E-state index contributed by atoms with van der Waals surface area (Å²) in [5, 5.41) is 6.62. The third-order valence-electron chi connectivity index (χ3n) is 11.6. The molecule has 0 saturated heterocycles. The zero-order valence-corrected chi connectivity index (χ0v) is 31.3. The SMILES string of the molecule is c1ccc(-c2ccc3c(c2)oc2cc(N(c4ccc(-c5ccccc5)c5oc6ccccc6c45)c4cccc5c4c4ccccc4n5-c4ccccc4)ccc23)cc1. The fourth-order valence-electron chi connectivity index (χ4n) is 9.01. The van der Waals surface area contributed by atoms with Crippen LogP contribution in [0.25, 0.3) is 93.6 Å². The minimum Gasteiger partial charge on any atom is -0.456 e. The molecular weight excluding hydrogens is 709 g/mol. The normalized spacial score (nSPS) is 11.8. The maximum atomic E-state index is 6.83. The third kappa shape index (κ3) is 4.95. The molecule has 4 heteroatoms. The summed E-state index contributed by atoms with van der Waals surface area (Å²) in [7, 11) is 0. The largest absolute Gasteiger partial charge is 0.456 e. The first-order valence-electron chi connectivity index (χ1n) is 19.7. The monoisotopic (exact) mass is 742 g/mol. The summed E-state index contributed by atoms with van der Waals surface area (Å²) in [4.78, 5) is 2.41. The van der Waals surface area contributed by atoms with E-state index in [1.165, 1.54) is 5.39 Å². The molecule has 0 atom stereocenters. The van der Waals surface area contributed by atoms with Crippen LogP contribution in [-0.4, -0.2) is 4.57 Å². The van der Waals surface area contributed by atoms with Gasteiger partial charge < -0.3 is 18.3 Å². The Morgan fingerprint density at radius 2 is 1.00 bits per heavy atom. The van der Waals surface area contributed by atoms with E-state index in [9.17, 15) is 0 Å². The molecular formula is C54H34N2O2. The van der Waals surface area contributed by atoms with Gasteiger partial charge in [-0.15, -0.1) is 0 Å². The number of anilines is 3. The van der Waals surface area contributed by atoms with Gasteiger partial charge in [0.15, 0.2) is 0 Å². The summed E-state index contributed by atoms with van der Waals surface area (Å²) < 4.78 is 16.0. The van der Waals surface area contributed by atoms with Crippen LogP contribution < -0.4 is 4.90 Å². The second-order valence-electron chi connectivity index (χ2n) is 14.9. The van der Waals surface area contributed by atoms with E-state index in [-0.39, 0.29) is 0 Å². The van der Waals surface area contributed by atoms with E-state index in [0.29, 0.717) is 0 Å². The molecule has 0 fully saturated rings. The smallest absolute Gasteiger partial charge is 0.145 e. The number of aromatic nitrogens is 1. The van der Waals surface area contributed by atoms with E-state index in [2.05, 4.69) is 204 Å². The number of para-hydroxylation sites is 3. The van der Waals surface area contributed by atoms with Crippen molar-refractivity contribution in [3.05, 3.63) is 206 Å². The second kappa shape index (κ2) is 12.9. The average Bonchev–Trinajstić information content (AvgIpc) is 3.97. The minimum absolute atomic E-state index is 0.829. The fraction of sp³-hybridized carbons (Fsp3) is 0. The lowest BCUT2D eigenvalue weighted by Crippen LogP contribution is -2.11. The molecule has 0 unspecified atom stereocenters. The van der Waals surface area contributed by atoms with E-state index in [4.69, 9.17) is 8.83 Å². The van der Waals surface area contributed by atoms with Crippen LogP contribution >= 0.6 is 0 Å². The van der Waals surface area contributed by atoms with Gasteiger partial charge in [-0.25, -0.2) is 0 Å². The highest BCUT2D eigenvalue weighted by Crippen LogP contribution is 2.50. The second-order valence-corrected chi connectivity index (χ2v) is 14.9. The molecule has 58 heavy (non-hydrogen) atoms. The molecule has 0 spiro atoms. The van der Waals surface area contributed by atoms with Crippen molar-refractivity contribution in [1.82, 2.24) is 4.57 Å². The Hall–Kier alpha value is -7.82. The molecule has 0 bridgehead atoms. The fourth-order valence-corrected chi connectivity index (χ4v) is 9.01. The van der Waals surface area contributed by atoms with Gasteiger partial charge in [-0.2, -0.15) is 0 Å². The molecule has 3 aromatic heterocycles. The van der Waals surface area contributed by atoms with Crippen LogP contribution in [0.5, 0.6) is 0 Å². The van der Waals surface area contributed by atoms with Gasteiger partial charge in [0.25, 0.3) is 0 Å². The number of benzene rings is 9. The van der Waals surface area contributed by atoms with Gasteiger partial charge in [-0.3, -0.25) is 0 Å². The Labute approximate surface area is 334 Å². The molecule has 272 valence electrons. The summed E-state index contributed by atoms with van der Waals surface area (Å²) in [6.45, 7) is 0. The summed E-state index contributed by atoms with van der Waals surface area (Å²) >= 11 is 0. The molecule has 0 amide bonds. The lowest BCUT2D eigenvalue weighted by molar-refractivity contribution is 0.669. The Balaban J connectivity index is 1.17. The molecule has 0 radical (unpaired) electrons. The number of nitrogens with zero attached hydrogens (tertiary/aromatic N) is 2. The number of hydrogen-bond acceptors (Lipinski definition) is 3. The molecule has 0 aliphatic carbocycles. The molecule has 12 rings (SSSR count). The van der Waals surface area contributed by atoms with E-state index >= 15 is 0 Å². The Morgan fingerprint density at radius 1 is 0.362 bits per heavy atom. The van der Waals surface area contributed by atoms with E-state index in [1.807, 2.05) is 12.1 Å². The van der Waals surface area contributed by atoms with Crippen molar-refractivity contribution in [3.63, 3.8) is 0 Å². The summed E-state index contributed by atoms with van der Waals surface area (Å²) in [6, 6.07) is 73.0. The van der Waals surface area contributed by atoms with Crippen molar-refractivity contribution in [1.29, 1.82) is 0 Å². The van der Waals surface area contributed by atoms with Crippen LogP contribution in [0.1, 0.15) is 0 Å². The minimum atomic E-state index is 0.829. The van der Waals surface area contributed by atoms with Gasteiger partial charge in [0.2, 0.25) is 0 Å². The van der Waals surface area contributed by atoms with Crippen molar-refractivity contribution in [2.75, 3.05) is 4.90 Å². The highest BCUT2D eigenvalue weighted by molar-refractivity contribution is 6.21. The number of rotatable bonds is 6. The zero-order valence-electron chi connectivity index (χ0n) is 31.3. The van der Waals surface area contributed by atoms with Crippen molar-refractivity contribution < 1.29 is 8.83 Å². The van der Waals surface area contributed by atoms with Gasteiger partial charge in [-0.05, 0) is 89.5 Å². The molecule has 3 heterocycles. The molecule has 4 nitrogen and oxygen atoms in total. The highest BCUT2D eigenvalue weighted by atomic mass is 16.3. The highest BCUT2D eigenvalue weighted by Gasteiger charge is 2.26. The van der Waals surface area contributed by atoms with E-state index < -0.39 is 0 Å². The van der Waals surface area contributed by atoms with Crippen LogP contribution in [0.4, 0.5) is 17.1 Å². The van der Waals surface area contributed by atoms with Crippen molar-refractivity contribution >= 4 is 82.7 Å². The lowest BCUT2D eigenvalue weighted by Gasteiger charge is -2.27. The average molecular weight is 743 g/mol. The van der Waals surface area contributed by atoms with Gasteiger partial charge in [0.05, 0.1) is 27.8 Å². The first-order chi connectivity index (χ1) is 28.8. The van der Waals surface area contributed by atoms with Crippen molar-refractivity contribution in [3.8, 4) is 27.9 Å².